The third-order valence-corrected chi connectivity index (χ3v) is 12.1. The first kappa shape index (κ1) is 17.2. The van der Waals surface area contributed by atoms with Crippen molar-refractivity contribution in [2.75, 3.05) is 32.9 Å². The molecule has 0 aromatic heterocycles. The van der Waals surface area contributed by atoms with Gasteiger partial charge in [0.05, 0.1) is 26.7 Å². The first-order valence-electron chi connectivity index (χ1n) is 9.69. The third-order valence-electron chi connectivity index (χ3n) is 6.76. The smallest absolute Gasteiger partial charge is 0.123 e. The van der Waals surface area contributed by atoms with E-state index >= 15 is 0 Å². The van der Waals surface area contributed by atoms with E-state index in [4.69, 9.17) is 0 Å². The van der Waals surface area contributed by atoms with E-state index < -0.39 is 8.07 Å². The summed E-state index contributed by atoms with van der Waals surface area (Å²) in [6.45, 7) is 3.96. The second kappa shape index (κ2) is 7.50. The fourth-order valence-electron chi connectivity index (χ4n) is 5.10. The molecule has 0 amide bonds. The second-order valence-electron chi connectivity index (χ2n) is 8.26. The lowest BCUT2D eigenvalue weighted by molar-refractivity contribution is -0.895. The number of likely N-dealkylation sites (tertiary alicyclic amines) is 1. The van der Waals surface area contributed by atoms with Gasteiger partial charge in [-0.25, -0.2) is 0 Å². The summed E-state index contributed by atoms with van der Waals surface area (Å²) in [6.07, 6.45) is 10.1. The van der Waals surface area contributed by atoms with Crippen molar-refractivity contribution in [3.63, 3.8) is 0 Å². The summed E-state index contributed by atoms with van der Waals surface area (Å²) < 4.78 is 1.24. The van der Waals surface area contributed by atoms with E-state index in [1.54, 1.807) is 0 Å². The van der Waals surface area contributed by atoms with Crippen molar-refractivity contribution in [2.45, 2.75) is 56.5 Å². The van der Waals surface area contributed by atoms with Crippen molar-refractivity contribution < 1.29 is 9.59 Å². The van der Waals surface area contributed by atoms with Crippen LogP contribution < -0.4 is 5.19 Å². The van der Waals surface area contributed by atoms with Gasteiger partial charge >= 0.3 is 0 Å². The van der Waals surface area contributed by atoms with Crippen molar-refractivity contribution >= 4 is 13.3 Å². The number of hydrogen-bond acceptors (Lipinski definition) is 1. The zero-order valence-electron chi connectivity index (χ0n) is 14.8. The molecule has 1 saturated heterocycles. The SMILES string of the molecule is C[N+]1(CC[Si@](CO)(c2ccccc2)C2CCCCC2)CCCC1. The molecule has 1 aromatic rings. The summed E-state index contributed by atoms with van der Waals surface area (Å²) in [5.41, 5.74) is 0.790. The first-order valence-corrected chi connectivity index (χ1v) is 12.2. The maximum absolute atomic E-state index is 10.6. The lowest BCUT2D eigenvalue weighted by Crippen LogP contribution is -2.59. The van der Waals surface area contributed by atoms with Crippen LogP contribution in [0.2, 0.25) is 11.6 Å². The lowest BCUT2D eigenvalue weighted by Gasteiger charge is -2.42. The van der Waals surface area contributed by atoms with Crippen molar-refractivity contribution in [1.29, 1.82) is 0 Å². The fraction of sp³-hybridized carbons (Fsp3) is 0.700. The van der Waals surface area contributed by atoms with Crippen LogP contribution in [-0.2, 0) is 0 Å². The van der Waals surface area contributed by atoms with Gasteiger partial charge < -0.3 is 9.59 Å². The Balaban J connectivity index is 1.85. The number of hydrogen-bond donors (Lipinski definition) is 1. The van der Waals surface area contributed by atoms with E-state index in [1.807, 2.05) is 0 Å². The molecule has 1 heterocycles. The number of aliphatic hydroxyl groups excluding tert-OH is 1. The average Bonchev–Trinajstić information content (AvgIpc) is 3.05. The third kappa shape index (κ3) is 3.72. The summed E-state index contributed by atoms with van der Waals surface area (Å²) in [6, 6.07) is 12.4. The van der Waals surface area contributed by atoms with E-state index in [0.29, 0.717) is 6.23 Å². The van der Waals surface area contributed by atoms with Gasteiger partial charge in [0, 0.05) is 19.1 Å². The maximum atomic E-state index is 10.6. The van der Waals surface area contributed by atoms with Gasteiger partial charge in [0.2, 0.25) is 0 Å². The van der Waals surface area contributed by atoms with E-state index in [1.165, 1.54) is 80.3 Å². The highest BCUT2D eigenvalue weighted by molar-refractivity contribution is 6.93. The Kier molecular flexibility index (Phi) is 5.60. The Morgan fingerprint density at radius 3 is 2.26 bits per heavy atom. The summed E-state index contributed by atoms with van der Waals surface area (Å²) in [4.78, 5) is 0. The van der Waals surface area contributed by atoms with Crippen LogP contribution in [0, 0.1) is 0 Å². The summed E-state index contributed by atoms with van der Waals surface area (Å²) in [5, 5.41) is 12.1. The molecule has 3 heteroatoms. The van der Waals surface area contributed by atoms with E-state index in [9.17, 15) is 5.11 Å². The minimum absolute atomic E-state index is 0.446. The van der Waals surface area contributed by atoms with Gasteiger partial charge in [-0.1, -0.05) is 67.6 Å². The number of quaternary nitrogens is 1. The topological polar surface area (TPSA) is 20.2 Å². The number of benzene rings is 1. The maximum Gasteiger partial charge on any atom is 0.123 e. The van der Waals surface area contributed by atoms with E-state index in [-0.39, 0.29) is 0 Å². The summed E-state index contributed by atoms with van der Waals surface area (Å²) in [5.74, 6) is 0. The van der Waals surface area contributed by atoms with E-state index in [2.05, 4.69) is 37.4 Å². The lowest BCUT2D eigenvalue weighted by atomic mass is 10.0. The van der Waals surface area contributed by atoms with Gasteiger partial charge in [0.15, 0.2) is 0 Å². The number of rotatable bonds is 6. The molecule has 23 heavy (non-hydrogen) atoms. The highest BCUT2D eigenvalue weighted by Crippen LogP contribution is 2.39. The monoisotopic (exact) mass is 332 g/mol. The Morgan fingerprint density at radius 2 is 1.65 bits per heavy atom. The van der Waals surface area contributed by atoms with Gasteiger partial charge in [-0.15, -0.1) is 0 Å². The van der Waals surface area contributed by atoms with Crippen molar-refractivity contribution in [3.8, 4) is 0 Å². The average molecular weight is 333 g/mol. The Bertz CT molecular complexity index is 480. The molecule has 0 bridgehead atoms. The molecule has 3 rings (SSSR count). The predicted molar refractivity (Wildman–Crippen MR) is 101 cm³/mol. The van der Waals surface area contributed by atoms with Crippen molar-refractivity contribution in [2.24, 2.45) is 0 Å². The summed E-state index contributed by atoms with van der Waals surface area (Å²) >= 11 is 0. The minimum Gasteiger partial charge on any atom is -0.399 e. The Morgan fingerprint density at radius 1 is 1.00 bits per heavy atom. The van der Waals surface area contributed by atoms with Crippen LogP contribution in [0.3, 0.4) is 0 Å². The van der Waals surface area contributed by atoms with Gasteiger partial charge in [0.1, 0.15) is 8.07 Å². The van der Waals surface area contributed by atoms with Gasteiger partial charge in [-0.3, -0.25) is 0 Å². The molecule has 2 aliphatic rings. The van der Waals surface area contributed by atoms with Crippen molar-refractivity contribution in [1.82, 2.24) is 0 Å². The second-order valence-corrected chi connectivity index (χ2v) is 12.8. The molecular weight excluding hydrogens is 298 g/mol. The predicted octanol–water partition coefficient (Wildman–Crippen LogP) is 3.45. The van der Waals surface area contributed by atoms with Crippen LogP contribution in [0.25, 0.3) is 0 Å². The molecular formula is C20H34NOSi+. The fourth-order valence-corrected chi connectivity index (χ4v) is 10.2. The van der Waals surface area contributed by atoms with Crippen LogP contribution in [0.1, 0.15) is 44.9 Å². The van der Waals surface area contributed by atoms with Crippen LogP contribution in [0.4, 0.5) is 0 Å². The molecule has 1 N–H and O–H groups in total. The van der Waals surface area contributed by atoms with Gasteiger partial charge in [0.25, 0.3) is 0 Å². The molecule has 0 spiro atoms. The zero-order valence-corrected chi connectivity index (χ0v) is 15.8. The molecule has 0 unspecified atom stereocenters. The highest BCUT2D eigenvalue weighted by atomic mass is 28.3. The number of nitrogens with zero attached hydrogens (tertiary/aromatic N) is 1. The molecule has 0 radical (unpaired) electrons. The molecule has 2 fully saturated rings. The van der Waals surface area contributed by atoms with E-state index in [0.717, 1.165) is 5.54 Å². The largest absolute Gasteiger partial charge is 0.399 e. The van der Waals surface area contributed by atoms with Crippen LogP contribution >= 0.6 is 0 Å². The minimum atomic E-state index is -1.82. The van der Waals surface area contributed by atoms with Crippen molar-refractivity contribution in [3.05, 3.63) is 30.3 Å². The van der Waals surface area contributed by atoms with Gasteiger partial charge in [-0.05, 0) is 11.6 Å². The van der Waals surface area contributed by atoms with Crippen LogP contribution in [0.5, 0.6) is 0 Å². The molecule has 2 nitrogen and oxygen atoms in total. The van der Waals surface area contributed by atoms with Gasteiger partial charge in [-0.2, -0.15) is 0 Å². The zero-order chi connectivity index (χ0) is 16.2. The molecule has 1 atom stereocenters. The molecule has 1 aliphatic heterocycles. The Hall–Kier alpha value is -0.643. The van der Waals surface area contributed by atoms with Crippen LogP contribution in [0.15, 0.2) is 30.3 Å². The number of aliphatic hydroxyl groups is 1. The molecule has 1 aliphatic carbocycles. The standard InChI is InChI=1S/C20H34NOSi/c1-21(14-8-9-15-21)16-17-23(18-22,19-10-4-2-5-11-19)20-12-6-3-7-13-20/h2,4-5,10-11,20,22H,3,6-9,12-18H2,1H3/q+1/t23-/m0/s1. The molecule has 128 valence electrons. The first-order chi connectivity index (χ1) is 11.2. The molecule has 1 saturated carbocycles. The summed E-state index contributed by atoms with van der Waals surface area (Å²) in [7, 11) is 0.621. The Labute approximate surface area is 143 Å². The quantitative estimate of drug-likeness (QED) is 0.625. The van der Waals surface area contributed by atoms with Crippen LogP contribution in [-0.4, -0.2) is 50.6 Å². The highest BCUT2D eigenvalue weighted by Gasteiger charge is 2.44. The molecule has 1 aromatic carbocycles. The normalized spacial score (nSPS) is 24.4.